The zero-order chi connectivity index (χ0) is 14.6. The molecule has 5 nitrogen and oxygen atoms in total. The van der Waals surface area contributed by atoms with Crippen LogP contribution in [0.25, 0.3) is 0 Å². The first-order valence-corrected chi connectivity index (χ1v) is 6.74. The first kappa shape index (κ1) is 15.7. The standard InChI is InChI=1S/C14H24N2O3/c1-8(2)6-11(7-17)15-14(18)12-10(5)16-19-13(12)9(3)4/h8-9,11,17H,6-7H2,1-5H3,(H,15,18). The third kappa shape index (κ3) is 4.06. The molecule has 108 valence electrons. The van der Waals surface area contributed by atoms with Gasteiger partial charge in [-0.2, -0.15) is 0 Å². The van der Waals surface area contributed by atoms with Gasteiger partial charge in [0.05, 0.1) is 18.3 Å². The molecule has 0 radical (unpaired) electrons. The van der Waals surface area contributed by atoms with Crippen molar-refractivity contribution in [3.05, 3.63) is 17.0 Å². The Morgan fingerprint density at radius 1 is 1.37 bits per heavy atom. The predicted octanol–water partition coefficient (Wildman–Crippen LogP) is 2.24. The predicted molar refractivity (Wildman–Crippen MR) is 73.1 cm³/mol. The number of carbonyl (C=O) groups excluding carboxylic acids is 1. The van der Waals surface area contributed by atoms with Crippen molar-refractivity contribution in [2.24, 2.45) is 5.92 Å². The molecular formula is C14H24N2O3. The van der Waals surface area contributed by atoms with E-state index in [0.29, 0.717) is 22.9 Å². The van der Waals surface area contributed by atoms with Gasteiger partial charge in [0.1, 0.15) is 5.56 Å². The lowest BCUT2D eigenvalue weighted by Gasteiger charge is -2.18. The summed E-state index contributed by atoms with van der Waals surface area (Å²) in [7, 11) is 0. The molecule has 0 aliphatic heterocycles. The van der Waals surface area contributed by atoms with E-state index >= 15 is 0 Å². The Bertz CT molecular complexity index is 424. The minimum atomic E-state index is -0.234. The van der Waals surface area contributed by atoms with Crippen LogP contribution in [-0.2, 0) is 0 Å². The Hall–Kier alpha value is -1.36. The van der Waals surface area contributed by atoms with E-state index in [1.165, 1.54) is 0 Å². The average molecular weight is 268 g/mol. The van der Waals surface area contributed by atoms with Crippen LogP contribution in [0.2, 0.25) is 0 Å². The molecule has 5 heteroatoms. The van der Waals surface area contributed by atoms with Gasteiger partial charge in [-0.3, -0.25) is 4.79 Å². The van der Waals surface area contributed by atoms with E-state index in [1.807, 2.05) is 13.8 Å². The lowest BCUT2D eigenvalue weighted by molar-refractivity contribution is 0.0905. The fourth-order valence-corrected chi connectivity index (χ4v) is 2.06. The van der Waals surface area contributed by atoms with Gasteiger partial charge in [0.25, 0.3) is 5.91 Å². The normalized spacial score (nSPS) is 13.1. The quantitative estimate of drug-likeness (QED) is 0.829. The van der Waals surface area contributed by atoms with Crippen LogP contribution in [0.3, 0.4) is 0 Å². The van der Waals surface area contributed by atoms with E-state index in [1.54, 1.807) is 6.92 Å². The number of hydrogen-bond donors (Lipinski definition) is 2. The van der Waals surface area contributed by atoms with E-state index in [2.05, 4.69) is 24.3 Å². The molecule has 0 bridgehead atoms. The molecule has 1 rings (SSSR count). The minimum absolute atomic E-state index is 0.0642. The SMILES string of the molecule is Cc1noc(C(C)C)c1C(=O)NC(CO)CC(C)C. The summed E-state index contributed by atoms with van der Waals surface area (Å²) in [5, 5.41) is 16.0. The van der Waals surface area contributed by atoms with Crippen LogP contribution in [-0.4, -0.2) is 28.8 Å². The summed E-state index contributed by atoms with van der Waals surface area (Å²) < 4.78 is 5.20. The summed E-state index contributed by atoms with van der Waals surface area (Å²) in [6.45, 7) is 9.70. The van der Waals surface area contributed by atoms with Crippen molar-refractivity contribution >= 4 is 5.91 Å². The Morgan fingerprint density at radius 2 is 2.00 bits per heavy atom. The Labute approximate surface area is 114 Å². The second kappa shape index (κ2) is 6.70. The molecule has 0 aliphatic rings. The van der Waals surface area contributed by atoms with Crippen LogP contribution >= 0.6 is 0 Å². The lowest BCUT2D eigenvalue weighted by atomic mass is 10.0. The molecule has 1 aromatic rings. The molecule has 1 unspecified atom stereocenters. The second-order valence-corrected chi connectivity index (χ2v) is 5.64. The lowest BCUT2D eigenvalue weighted by Crippen LogP contribution is -2.39. The van der Waals surface area contributed by atoms with E-state index in [9.17, 15) is 9.90 Å². The number of aromatic nitrogens is 1. The summed E-state index contributed by atoms with van der Waals surface area (Å²) >= 11 is 0. The van der Waals surface area contributed by atoms with E-state index < -0.39 is 0 Å². The summed E-state index contributed by atoms with van der Waals surface area (Å²) in [5.41, 5.74) is 1.08. The molecule has 0 aliphatic carbocycles. The van der Waals surface area contributed by atoms with Crippen LogP contribution in [0, 0.1) is 12.8 Å². The molecule has 1 atom stereocenters. The van der Waals surface area contributed by atoms with Crippen molar-refractivity contribution in [3.63, 3.8) is 0 Å². The first-order valence-electron chi connectivity index (χ1n) is 6.74. The molecule has 1 aromatic heterocycles. The smallest absolute Gasteiger partial charge is 0.257 e. The number of nitrogens with zero attached hydrogens (tertiary/aromatic N) is 1. The molecule has 1 heterocycles. The maximum absolute atomic E-state index is 12.3. The number of amides is 1. The molecule has 0 spiro atoms. The van der Waals surface area contributed by atoms with Crippen LogP contribution in [0.15, 0.2) is 4.52 Å². The molecular weight excluding hydrogens is 244 g/mol. The summed E-state index contributed by atoms with van der Waals surface area (Å²) in [6, 6.07) is -0.234. The van der Waals surface area contributed by atoms with E-state index in [4.69, 9.17) is 4.52 Å². The molecule has 0 saturated carbocycles. The minimum Gasteiger partial charge on any atom is -0.394 e. The molecule has 2 N–H and O–H groups in total. The second-order valence-electron chi connectivity index (χ2n) is 5.64. The van der Waals surface area contributed by atoms with Crippen LogP contribution in [0.5, 0.6) is 0 Å². The van der Waals surface area contributed by atoms with Gasteiger partial charge in [-0.1, -0.05) is 32.9 Å². The zero-order valence-corrected chi connectivity index (χ0v) is 12.4. The van der Waals surface area contributed by atoms with Gasteiger partial charge in [0.15, 0.2) is 5.76 Å². The highest BCUT2D eigenvalue weighted by Gasteiger charge is 2.24. The number of aryl methyl sites for hydroxylation is 1. The van der Waals surface area contributed by atoms with E-state index in [0.717, 1.165) is 6.42 Å². The van der Waals surface area contributed by atoms with Crippen LogP contribution < -0.4 is 5.32 Å². The molecule has 1 amide bonds. The fraction of sp³-hybridized carbons (Fsp3) is 0.714. The van der Waals surface area contributed by atoms with E-state index in [-0.39, 0.29) is 24.5 Å². The maximum Gasteiger partial charge on any atom is 0.257 e. The van der Waals surface area contributed by atoms with Gasteiger partial charge >= 0.3 is 0 Å². The highest BCUT2D eigenvalue weighted by Crippen LogP contribution is 2.22. The topological polar surface area (TPSA) is 75.4 Å². The van der Waals surface area contributed by atoms with Gasteiger partial charge in [0.2, 0.25) is 0 Å². The molecule has 0 aromatic carbocycles. The summed E-state index contributed by atoms with van der Waals surface area (Å²) in [4.78, 5) is 12.3. The first-order chi connectivity index (χ1) is 8.86. The Kier molecular flexibility index (Phi) is 5.54. The highest BCUT2D eigenvalue weighted by molar-refractivity contribution is 5.96. The molecule has 0 saturated heterocycles. The van der Waals surface area contributed by atoms with Gasteiger partial charge in [-0.05, 0) is 19.3 Å². The number of carbonyl (C=O) groups is 1. The molecule has 19 heavy (non-hydrogen) atoms. The van der Waals surface area contributed by atoms with Crippen LogP contribution in [0.1, 0.15) is 61.8 Å². The third-order valence-electron chi connectivity index (χ3n) is 2.95. The van der Waals surface area contributed by atoms with Crippen molar-refractivity contribution < 1.29 is 14.4 Å². The highest BCUT2D eigenvalue weighted by atomic mass is 16.5. The third-order valence-corrected chi connectivity index (χ3v) is 2.95. The number of rotatable bonds is 6. The summed E-state index contributed by atoms with van der Waals surface area (Å²) in [5.74, 6) is 0.878. The van der Waals surface area contributed by atoms with Gasteiger partial charge < -0.3 is 14.9 Å². The van der Waals surface area contributed by atoms with Gasteiger partial charge in [0, 0.05) is 5.92 Å². The number of aliphatic hydroxyl groups is 1. The number of hydrogen-bond acceptors (Lipinski definition) is 4. The average Bonchev–Trinajstić information content (AvgIpc) is 2.69. The Morgan fingerprint density at radius 3 is 2.47 bits per heavy atom. The number of nitrogens with one attached hydrogen (secondary N) is 1. The van der Waals surface area contributed by atoms with Crippen LogP contribution in [0.4, 0.5) is 0 Å². The number of aliphatic hydroxyl groups excluding tert-OH is 1. The van der Waals surface area contributed by atoms with Gasteiger partial charge in [-0.15, -0.1) is 0 Å². The van der Waals surface area contributed by atoms with Crippen molar-refractivity contribution in [3.8, 4) is 0 Å². The van der Waals surface area contributed by atoms with Crippen molar-refractivity contribution in [1.29, 1.82) is 0 Å². The van der Waals surface area contributed by atoms with Crippen molar-refractivity contribution in [2.75, 3.05) is 6.61 Å². The van der Waals surface area contributed by atoms with Crippen molar-refractivity contribution in [2.45, 2.75) is 53.0 Å². The Balaban J connectivity index is 2.85. The largest absolute Gasteiger partial charge is 0.394 e. The van der Waals surface area contributed by atoms with Gasteiger partial charge in [-0.25, -0.2) is 0 Å². The molecule has 0 fully saturated rings. The zero-order valence-electron chi connectivity index (χ0n) is 12.4. The van der Waals surface area contributed by atoms with Crippen molar-refractivity contribution in [1.82, 2.24) is 10.5 Å². The monoisotopic (exact) mass is 268 g/mol. The maximum atomic E-state index is 12.3. The summed E-state index contributed by atoms with van der Waals surface area (Å²) in [6.07, 6.45) is 0.740. The fourth-order valence-electron chi connectivity index (χ4n) is 2.06.